The van der Waals surface area contributed by atoms with E-state index in [0.29, 0.717) is 0 Å². The van der Waals surface area contributed by atoms with Gasteiger partial charge in [-0.3, -0.25) is 0 Å². The molecule has 1 rings (SSSR count). The van der Waals surface area contributed by atoms with Gasteiger partial charge in [0.15, 0.2) is 0 Å². The average molecular weight is 327 g/mol. The molecule has 1 aliphatic rings. The zero-order chi connectivity index (χ0) is 15.7. The molecule has 0 bridgehead atoms. The predicted octanol–water partition coefficient (Wildman–Crippen LogP) is 3.56. The number of nitrogens with zero attached hydrogens (tertiary/aromatic N) is 1. The number of rotatable bonds is 9. The van der Waals surface area contributed by atoms with Crippen LogP contribution in [0.4, 0.5) is 0 Å². The third kappa shape index (κ3) is 5.66. The van der Waals surface area contributed by atoms with Crippen molar-refractivity contribution in [3.8, 4) is 0 Å². The minimum Gasteiger partial charge on any atom is -0.318 e. The quantitative estimate of drug-likeness (QED) is 0.515. The summed E-state index contributed by atoms with van der Waals surface area (Å²) in [4.78, 5) is 0. The Balaban J connectivity index is 2.54. The molecule has 0 amide bonds. The maximum atomic E-state index is 3.65. The summed E-state index contributed by atoms with van der Waals surface area (Å²) >= 11 is 0. The average Bonchev–Trinajstić information content (AvgIpc) is 2.50. The highest BCUT2D eigenvalue weighted by atomic mass is 28.3. The van der Waals surface area contributed by atoms with Gasteiger partial charge in [0.1, 0.15) is 8.24 Å². The summed E-state index contributed by atoms with van der Waals surface area (Å²) in [5, 5.41) is 3.65. The van der Waals surface area contributed by atoms with Crippen molar-refractivity contribution < 1.29 is 0 Å². The van der Waals surface area contributed by atoms with E-state index in [1.165, 1.54) is 62.2 Å². The van der Waals surface area contributed by atoms with Crippen molar-refractivity contribution >= 4 is 17.8 Å². The van der Waals surface area contributed by atoms with Crippen LogP contribution in [0.25, 0.3) is 0 Å². The molecule has 0 aromatic heterocycles. The molecule has 1 atom stereocenters. The highest BCUT2D eigenvalue weighted by Crippen LogP contribution is 2.29. The van der Waals surface area contributed by atoms with E-state index in [-0.39, 0.29) is 9.52 Å². The monoisotopic (exact) mass is 326 g/mol. The maximum Gasteiger partial charge on any atom is 0.127 e. The van der Waals surface area contributed by atoms with E-state index in [1.54, 1.807) is 0 Å². The number of nitrogens with one attached hydrogen (secondary N) is 1. The van der Waals surface area contributed by atoms with Gasteiger partial charge in [0, 0.05) is 35.2 Å². The zero-order valence-corrected chi connectivity index (χ0v) is 17.6. The smallest absolute Gasteiger partial charge is 0.127 e. The third-order valence-electron chi connectivity index (χ3n) is 5.48. The Morgan fingerprint density at radius 3 is 2.48 bits per heavy atom. The van der Waals surface area contributed by atoms with E-state index < -0.39 is 8.24 Å². The lowest BCUT2D eigenvalue weighted by Gasteiger charge is -2.48. The molecule has 1 aliphatic heterocycles. The number of hydrogen-bond donors (Lipinski definition) is 1. The largest absolute Gasteiger partial charge is 0.318 e. The minimum atomic E-state index is -1.17. The zero-order valence-electron chi connectivity index (χ0n) is 15.2. The molecule has 0 saturated carbocycles. The molecule has 0 spiro atoms. The van der Waals surface area contributed by atoms with Gasteiger partial charge in [-0.05, 0) is 38.4 Å². The topological polar surface area (TPSA) is 15.3 Å². The van der Waals surface area contributed by atoms with Crippen LogP contribution in [0.1, 0.15) is 47.5 Å². The van der Waals surface area contributed by atoms with Gasteiger partial charge >= 0.3 is 0 Å². The maximum absolute atomic E-state index is 3.65. The van der Waals surface area contributed by atoms with Crippen LogP contribution in [0.2, 0.25) is 24.2 Å². The van der Waals surface area contributed by atoms with Gasteiger partial charge in [0.05, 0.1) is 0 Å². The molecule has 124 valence electrons. The predicted molar refractivity (Wildman–Crippen MR) is 103 cm³/mol. The van der Waals surface area contributed by atoms with Crippen LogP contribution in [0.3, 0.4) is 0 Å². The summed E-state index contributed by atoms with van der Waals surface area (Å²) in [7, 11) is -1.11. The summed E-state index contributed by atoms with van der Waals surface area (Å²) in [6.45, 7) is 15.6. The van der Waals surface area contributed by atoms with Gasteiger partial charge in [0.25, 0.3) is 0 Å². The highest BCUT2D eigenvalue weighted by Gasteiger charge is 2.39. The number of allylic oxidation sites excluding steroid dienone is 1. The van der Waals surface area contributed by atoms with Gasteiger partial charge < -0.3 is 9.88 Å². The Kier molecular flexibility index (Phi) is 9.10. The van der Waals surface area contributed by atoms with Gasteiger partial charge in [-0.1, -0.05) is 38.8 Å². The molecule has 4 heteroatoms. The first kappa shape index (κ1) is 19.1. The fourth-order valence-electron chi connectivity index (χ4n) is 3.92. The van der Waals surface area contributed by atoms with Crippen LogP contribution < -0.4 is 5.32 Å². The van der Waals surface area contributed by atoms with E-state index in [9.17, 15) is 0 Å². The molecule has 0 aliphatic carbocycles. The van der Waals surface area contributed by atoms with E-state index in [4.69, 9.17) is 0 Å². The van der Waals surface area contributed by atoms with Crippen molar-refractivity contribution in [3.63, 3.8) is 0 Å². The SMILES string of the molecule is CC[Si](CC)(CC)N1CCNCC1CCC[SiH2]C=C(C)C. The Morgan fingerprint density at radius 2 is 1.90 bits per heavy atom. The minimum absolute atomic E-state index is 0.0609. The molecule has 2 nitrogen and oxygen atoms in total. The normalized spacial score (nSPS) is 21.1. The Morgan fingerprint density at radius 1 is 1.24 bits per heavy atom. The summed E-state index contributed by atoms with van der Waals surface area (Å²) in [6.07, 6.45) is 2.87. The van der Waals surface area contributed by atoms with Crippen LogP contribution in [0, 0.1) is 0 Å². The second-order valence-corrected chi connectivity index (χ2v) is 13.7. The number of piperazine rings is 1. The van der Waals surface area contributed by atoms with Crippen molar-refractivity contribution in [1.29, 1.82) is 0 Å². The first-order chi connectivity index (χ1) is 10.1. The molecule has 1 N–H and O–H groups in total. The van der Waals surface area contributed by atoms with Gasteiger partial charge in [-0.25, -0.2) is 0 Å². The van der Waals surface area contributed by atoms with E-state index in [1.807, 2.05) is 0 Å². The molecular weight excluding hydrogens is 288 g/mol. The first-order valence-electron chi connectivity index (χ1n) is 9.20. The van der Waals surface area contributed by atoms with Crippen molar-refractivity contribution in [1.82, 2.24) is 9.88 Å². The lowest BCUT2D eigenvalue weighted by atomic mass is 10.1. The highest BCUT2D eigenvalue weighted by molar-refractivity contribution is 6.77. The molecule has 0 aromatic carbocycles. The van der Waals surface area contributed by atoms with E-state index >= 15 is 0 Å². The van der Waals surface area contributed by atoms with Crippen molar-refractivity contribution in [2.24, 2.45) is 0 Å². The number of hydrogen-bond acceptors (Lipinski definition) is 2. The van der Waals surface area contributed by atoms with E-state index in [2.05, 4.69) is 50.2 Å². The summed E-state index contributed by atoms with van der Waals surface area (Å²) in [5.41, 5.74) is 4.05. The van der Waals surface area contributed by atoms with Crippen LogP contribution >= 0.6 is 0 Å². The van der Waals surface area contributed by atoms with E-state index in [0.717, 1.165) is 6.04 Å². The summed E-state index contributed by atoms with van der Waals surface area (Å²) < 4.78 is 3.01. The molecule has 0 radical (unpaired) electrons. The van der Waals surface area contributed by atoms with Gasteiger partial charge in [-0.15, -0.1) is 5.70 Å². The molecule has 1 fully saturated rings. The molecule has 1 heterocycles. The van der Waals surface area contributed by atoms with Crippen molar-refractivity contribution in [3.05, 3.63) is 11.3 Å². The van der Waals surface area contributed by atoms with Gasteiger partial charge in [0.2, 0.25) is 0 Å². The van der Waals surface area contributed by atoms with Crippen LogP contribution in [0.5, 0.6) is 0 Å². The molecule has 21 heavy (non-hydrogen) atoms. The lowest BCUT2D eigenvalue weighted by Crippen LogP contribution is -2.63. The van der Waals surface area contributed by atoms with Crippen LogP contribution in [-0.2, 0) is 0 Å². The first-order valence-corrected chi connectivity index (χ1v) is 13.6. The third-order valence-corrected chi connectivity index (χ3v) is 13.2. The second kappa shape index (κ2) is 9.98. The Bertz CT molecular complexity index is 302. The fourth-order valence-corrected chi connectivity index (χ4v) is 9.58. The van der Waals surface area contributed by atoms with Crippen molar-refractivity contribution in [2.75, 3.05) is 19.6 Å². The summed E-state index contributed by atoms with van der Waals surface area (Å²) in [6, 6.07) is 6.62. The van der Waals surface area contributed by atoms with Gasteiger partial charge in [-0.2, -0.15) is 0 Å². The second-order valence-electron chi connectivity index (χ2n) is 6.90. The molecule has 0 aromatic rings. The Labute approximate surface area is 136 Å². The van der Waals surface area contributed by atoms with Crippen LogP contribution in [-0.4, -0.2) is 48.0 Å². The molecule has 1 unspecified atom stereocenters. The van der Waals surface area contributed by atoms with Crippen LogP contribution in [0.15, 0.2) is 11.3 Å². The van der Waals surface area contributed by atoms with Crippen molar-refractivity contribution in [2.45, 2.75) is 77.7 Å². The Hall–Kier alpha value is 0.0938. The fraction of sp³-hybridized carbons (Fsp3) is 0.882. The molecule has 1 saturated heterocycles. The standard InChI is InChI=1S/C17H38N2Si2/c1-6-21(7-2,8-3)19-12-11-18-14-17(19)10-9-13-20-15-16(4)5/h15,17-18H,6-14,20H2,1-5H3. The summed E-state index contributed by atoms with van der Waals surface area (Å²) in [5.74, 6) is 0. The lowest BCUT2D eigenvalue weighted by molar-refractivity contribution is 0.242. The molecular formula is C17H38N2Si2.